The highest BCUT2D eigenvalue weighted by Crippen LogP contribution is 2.06. The molecule has 0 radical (unpaired) electrons. The van der Waals surface area contributed by atoms with E-state index in [0.717, 1.165) is 18.9 Å². The van der Waals surface area contributed by atoms with Gasteiger partial charge in [0.05, 0.1) is 6.20 Å². The Morgan fingerprint density at radius 3 is 3.00 bits per heavy atom. The summed E-state index contributed by atoms with van der Waals surface area (Å²) < 4.78 is 3.91. The Kier molecular flexibility index (Phi) is 2.71. The molecule has 0 aliphatic rings. The van der Waals surface area contributed by atoms with Gasteiger partial charge in [-0.05, 0) is 12.0 Å². The summed E-state index contributed by atoms with van der Waals surface area (Å²) in [6, 6.07) is 0. The predicted molar refractivity (Wildman–Crippen MR) is 58.7 cm³/mol. The number of imidazole rings is 1. The summed E-state index contributed by atoms with van der Waals surface area (Å²) in [5, 5.41) is 7.18. The molecule has 0 saturated carbocycles. The van der Waals surface area contributed by atoms with Gasteiger partial charge in [0.1, 0.15) is 0 Å². The van der Waals surface area contributed by atoms with Crippen LogP contribution in [-0.4, -0.2) is 26.4 Å². The number of hydrogen-bond donors (Lipinski definition) is 1. The lowest BCUT2D eigenvalue weighted by Gasteiger charge is -2.05. The minimum Gasteiger partial charge on any atom is -0.359 e. The zero-order chi connectivity index (χ0) is 10.7. The van der Waals surface area contributed by atoms with Crippen LogP contribution >= 0.6 is 0 Å². The fraction of sp³-hybridized carbons (Fsp3) is 0.400. The fourth-order valence-corrected chi connectivity index (χ4v) is 1.57. The van der Waals surface area contributed by atoms with Crippen molar-refractivity contribution in [2.75, 3.05) is 12.4 Å². The summed E-state index contributed by atoms with van der Waals surface area (Å²) in [7, 11) is 3.81. The zero-order valence-electron chi connectivity index (χ0n) is 9.01. The van der Waals surface area contributed by atoms with Crippen LogP contribution < -0.4 is 5.32 Å². The van der Waals surface area contributed by atoms with Crippen LogP contribution in [0.3, 0.4) is 0 Å². The molecule has 2 rings (SSSR count). The smallest absolute Gasteiger partial charge is 0.202 e. The molecule has 0 amide bonds. The molecule has 0 saturated heterocycles. The van der Waals surface area contributed by atoms with Crippen LogP contribution in [0.5, 0.6) is 0 Å². The number of nitrogens with zero attached hydrogens (tertiary/aromatic N) is 4. The Morgan fingerprint density at radius 1 is 1.47 bits per heavy atom. The van der Waals surface area contributed by atoms with E-state index in [1.54, 1.807) is 6.20 Å². The van der Waals surface area contributed by atoms with E-state index in [2.05, 4.69) is 20.0 Å². The first-order valence-corrected chi connectivity index (χ1v) is 4.96. The standard InChI is InChI=1S/C10H15N5/c1-11-10-12-4-6-15(10)5-3-9-7-13-14(2)8-9/h4,6-8H,3,5H2,1-2H3,(H,11,12). The molecule has 15 heavy (non-hydrogen) atoms. The Morgan fingerprint density at radius 2 is 2.33 bits per heavy atom. The van der Waals surface area contributed by atoms with Gasteiger partial charge in [0.2, 0.25) is 5.95 Å². The van der Waals surface area contributed by atoms with Crippen LogP contribution in [0.25, 0.3) is 0 Å². The van der Waals surface area contributed by atoms with Gasteiger partial charge < -0.3 is 9.88 Å². The first kappa shape index (κ1) is 9.76. The van der Waals surface area contributed by atoms with E-state index in [9.17, 15) is 0 Å². The molecule has 0 aliphatic carbocycles. The van der Waals surface area contributed by atoms with Crippen LogP contribution in [0.2, 0.25) is 0 Å². The van der Waals surface area contributed by atoms with Gasteiger partial charge >= 0.3 is 0 Å². The van der Waals surface area contributed by atoms with Crippen molar-refractivity contribution < 1.29 is 0 Å². The van der Waals surface area contributed by atoms with Gasteiger partial charge in [-0.1, -0.05) is 0 Å². The maximum absolute atomic E-state index is 4.18. The van der Waals surface area contributed by atoms with Gasteiger partial charge in [-0.3, -0.25) is 4.68 Å². The molecular weight excluding hydrogens is 190 g/mol. The van der Waals surface area contributed by atoms with E-state index in [0.29, 0.717) is 0 Å². The van der Waals surface area contributed by atoms with Crippen molar-refractivity contribution >= 4 is 5.95 Å². The second-order valence-corrected chi connectivity index (χ2v) is 3.47. The molecule has 0 atom stereocenters. The molecule has 2 aromatic heterocycles. The third kappa shape index (κ3) is 2.18. The number of aromatic nitrogens is 4. The quantitative estimate of drug-likeness (QED) is 0.806. The molecule has 1 N–H and O–H groups in total. The molecule has 80 valence electrons. The number of nitrogens with one attached hydrogen (secondary N) is 1. The normalized spacial score (nSPS) is 10.5. The molecule has 5 heteroatoms. The summed E-state index contributed by atoms with van der Waals surface area (Å²) in [5.74, 6) is 0.902. The van der Waals surface area contributed by atoms with Crippen LogP contribution in [-0.2, 0) is 20.0 Å². The Balaban J connectivity index is 1.98. The third-order valence-corrected chi connectivity index (χ3v) is 2.34. The van der Waals surface area contributed by atoms with E-state index >= 15 is 0 Å². The molecule has 0 aromatic carbocycles. The number of anilines is 1. The maximum Gasteiger partial charge on any atom is 0.202 e. The van der Waals surface area contributed by atoms with Crippen molar-refractivity contribution in [2.45, 2.75) is 13.0 Å². The van der Waals surface area contributed by atoms with Crippen LogP contribution in [0.4, 0.5) is 5.95 Å². The molecule has 0 aliphatic heterocycles. The molecule has 2 aromatic rings. The molecule has 0 fully saturated rings. The SMILES string of the molecule is CNc1nccn1CCc1cnn(C)c1. The first-order chi connectivity index (χ1) is 7.29. The van der Waals surface area contributed by atoms with Crippen molar-refractivity contribution in [2.24, 2.45) is 7.05 Å². The maximum atomic E-state index is 4.18. The molecule has 2 heterocycles. The van der Waals surface area contributed by atoms with E-state index in [-0.39, 0.29) is 0 Å². The van der Waals surface area contributed by atoms with Crippen molar-refractivity contribution in [3.63, 3.8) is 0 Å². The average Bonchev–Trinajstić information content (AvgIpc) is 2.83. The topological polar surface area (TPSA) is 47.7 Å². The van der Waals surface area contributed by atoms with Gasteiger partial charge in [-0.25, -0.2) is 4.98 Å². The molecule has 0 bridgehead atoms. The Labute approximate surface area is 88.7 Å². The average molecular weight is 205 g/mol. The summed E-state index contributed by atoms with van der Waals surface area (Å²) in [4.78, 5) is 4.18. The second kappa shape index (κ2) is 4.16. The highest BCUT2D eigenvalue weighted by atomic mass is 15.2. The lowest BCUT2D eigenvalue weighted by Crippen LogP contribution is -2.04. The highest BCUT2D eigenvalue weighted by molar-refractivity contribution is 5.24. The first-order valence-electron chi connectivity index (χ1n) is 4.96. The van der Waals surface area contributed by atoms with Gasteiger partial charge in [-0.15, -0.1) is 0 Å². The minimum atomic E-state index is 0.902. The summed E-state index contributed by atoms with van der Waals surface area (Å²) in [6.07, 6.45) is 8.68. The number of aryl methyl sites for hydroxylation is 3. The monoisotopic (exact) mass is 205 g/mol. The van der Waals surface area contributed by atoms with Crippen molar-refractivity contribution in [1.82, 2.24) is 19.3 Å². The molecular formula is C10H15N5. The van der Waals surface area contributed by atoms with E-state index in [1.165, 1.54) is 5.56 Å². The number of hydrogen-bond acceptors (Lipinski definition) is 3. The Hall–Kier alpha value is -1.78. The summed E-state index contributed by atoms with van der Waals surface area (Å²) >= 11 is 0. The van der Waals surface area contributed by atoms with Gasteiger partial charge in [0.15, 0.2) is 0 Å². The van der Waals surface area contributed by atoms with E-state index in [1.807, 2.05) is 37.4 Å². The lowest BCUT2D eigenvalue weighted by atomic mass is 10.2. The second-order valence-electron chi connectivity index (χ2n) is 3.47. The Bertz CT molecular complexity index is 428. The molecule has 5 nitrogen and oxygen atoms in total. The number of rotatable bonds is 4. The third-order valence-electron chi connectivity index (χ3n) is 2.34. The summed E-state index contributed by atoms with van der Waals surface area (Å²) in [6.45, 7) is 0.919. The van der Waals surface area contributed by atoms with E-state index in [4.69, 9.17) is 0 Å². The van der Waals surface area contributed by atoms with Crippen molar-refractivity contribution in [3.8, 4) is 0 Å². The van der Waals surface area contributed by atoms with Crippen LogP contribution in [0, 0.1) is 0 Å². The molecule has 0 spiro atoms. The fourth-order valence-electron chi connectivity index (χ4n) is 1.57. The van der Waals surface area contributed by atoms with Gasteiger partial charge in [0.25, 0.3) is 0 Å². The largest absolute Gasteiger partial charge is 0.359 e. The summed E-state index contributed by atoms with van der Waals surface area (Å²) in [5.41, 5.74) is 1.24. The van der Waals surface area contributed by atoms with Crippen molar-refractivity contribution in [3.05, 3.63) is 30.4 Å². The van der Waals surface area contributed by atoms with Crippen LogP contribution in [0.15, 0.2) is 24.8 Å². The van der Waals surface area contributed by atoms with E-state index < -0.39 is 0 Å². The van der Waals surface area contributed by atoms with Crippen LogP contribution in [0.1, 0.15) is 5.56 Å². The lowest BCUT2D eigenvalue weighted by molar-refractivity contribution is 0.701. The highest BCUT2D eigenvalue weighted by Gasteiger charge is 2.01. The van der Waals surface area contributed by atoms with Gasteiger partial charge in [0, 0.05) is 39.2 Å². The van der Waals surface area contributed by atoms with Crippen molar-refractivity contribution in [1.29, 1.82) is 0 Å². The zero-order valence-corrected chi connectivity index (χ0v) is 9.01. The molecule has 0 unspecified atom stereocenters. The minimum absolute atomic E-state index is 0.902. The van der Waals surface area contributed by atoms with Gasteiger partial charge in [-0.2, -0.15) is 5.10 Å². The predicted octanol–water partition coefficient (Wildman–Crippen LogP) is 0.901.